The Morgan fingerprint density at radius 2 is 1.25 bits per heavy atom. The molecule has 1 unspecified atom stereocenters. The number of hydrogen-bond donors (Lipinski definition) is 2. The fraction of sp³-hybridized carbons (Fsp3) is 0.118. The topological polar surface area (TPSA) is 40.5 Å². The van der Waals surface area contributed by atoms with Crippen molar-refractivity contribution in [1.82, 2.24) is 0 Å². The van der Waals surface area contributed by atoms with Gasteiger partial charge in [-0.25, -0.2) is 0 Å². The fourth-order valence-corrected chi connectivity index (χ4v) is 6.84. The zero-order valence-corrected chi connectivity index (χ0v) is 20.1. The Morgan fingerprint density at radius 3 is 2.00 bits per heavy atom. The predicted octanol–water partition coefficient (Wildman–Crippen LogP) is 7.84. The first kappa shape index (κ1) is 21.0. The van der Waals surface area contributed by atoms with Crippen molar-refractivity contribution in [2.45, 2.75) is 18.8 Å². The van der Waals surface area contributed by atoms with E-state index in [0.717, 1.165) is 22.8 Å². The van der Waals surface area contributed by atoms with Gasteiger partial charge >= 0.3 is 0 Å². The van der Waals surface area contributed by atoms with Gasteiger partial charge in [0.25, 0.3) is 0 Å². The van der Waals surface area contributed by atoms with Crippen LogP contribution >= 0.6 is 0 Å². The van der Waals surface area contributed by atoms with E-state index in [-0.39, 0.29) is 11.2 Å². The van der Waals surface area contributed by atoms with Crippen LogP contribution in [-0.2, 0) is 11.8 Å². The Morgan fingerprint density at radius 1 is 0.639 bits per heavy atom. The van der Waals surface area contributed by atoms with E-state index in [0.29, 0.717) is 5.75 Å². The van der Waals surface area contributed by atoms with E-state index in [2.05, 4.69) is 91.9 Å². The maximum atomic E-state index is 10.1. The molecule has 0 saturated heterocycles. The van der Waals surface area contributed by atoms with Gasteiger partial charge in [-0.1, -0.05) is 91.9 Å². The molecule has 0 bridgehead atoms. The van der Waals surface area contributed by atoms with Crippen LogP contribution in [0.5, 0.6) is 11.5 Å². The molecule has 0 aliphatic heterocycles. The Labute approximate surface area is 210 Å². The van der Waals surface area contributed by atoms with Gasteiger partial charge in [-0.2, -0.15) is 0 Å². The SMILES string of the molecule is CC1(C2(c3ccc4cc(O)ccc4c3)c3ccccc3-c3ccccc32)C=Cc2cc(O)ccc2C1. The van der Waals surface area contributed by atoms with E-state index < -0.39 is 5.41 Å². The normalized spacial score (nSPS) is 19.0. The van der Waals surface area contributed by atoms with Gasteiger partial charge < -0.3 is 10.2 Å². The lowest BCUT2D eigenvalue weighted by atomic mass is 9.53. The smallest absolute Gasteiger partial charge is 0.116 e. The highest BCUT2D eigenvalue weighted by atomic mass is 16.3. The van der Waals surface area contributed by atoms with Crippen molar-refractivity contribution in [2.24, 2.45) is 5.41 Å². The standard InChI is InChI=1S/C34H26O2/c1-33(17-16-24-20-28(36)15-12-25(24)21-33)34(26-13-10-23-19-27(35)14-11-22(23)18-26)31-8-4-2-6-29(31)30-7-3-5-9-32(30)34/h2-20,35-36H,21H2,1H3. The molecule has 0 fully saturated rings. The number of phenols is 2. The predicted molar refractivity (Wildman–Crippen MR) is 146 cm³/mol. The summed E-state index contributed by atoms with van der Waals surface area (Å²) < 4.78 is 0. The average Bonchev–Trinajstić information content (AvgIpc) is 3.20. The van der Waals surface area contributed by atoms with Crippen LogP contribution in [0, 0.1) is 5.41 Å². The van der Waals surface area contributed by atoms with Gasteiger partial charge in [0.2, 0.25) is 0 Å². The van der Waals surface area contributed by atoms with Gasteiger partial charge in [0.15, 0.2) is 0 Å². The Balaban J connectivity index is 1.58. The number of allylic oxidation sites excluding steroid dienone is 1. The van der Waals surface area contributed by atoms with Crippen LogP contribution in [0.15, 0.2) is 109 Å². The molecule has 2 heteroatoms. The molecule has 0 heterocycles. The van der Waals surface area contributed by atoms with E-state index >= 15 is 0 Å². The summed E-state index contributed by atoms with van der Waals surface area (Å²) >= 11 is 0. The molecule has 2 aliphatic rings. The first-order chi connectivity index (χ1) is 17.5. The van der Waals surface area contributed by atoms with Gasteiger partial charge in [0.1, 0.15) is 11.5 Å². The van der Waals surface area contributed by atoms with Gasteiger partial charge in [0.05, 0.1) is 5.41 Å². The Kier molecular flexibility index (Phi) is 4.29. The van der Waals surface area contributed by atoms with Crippen molar-refractivity contribution in [3.63, 3.8) is 0 Å². The van der Waals surface area contributed by atoms with E-state index in [1.165, 1.54) is 33.4 Å². The Hall–Kier alpha value is -4.30. The molecular weight excluding hydrogens is 440 g/mol. The molecule has 2 nitrogen and oxygen atoms in total. The molecule has 5 aromatic rings. The third kappa shape index (κ3) is 2.73. The van der Waals surface area contributed by atoms with Crippen molar-refractivity contribution >= 4 is 16.8 Å². The minimum atomic E-state index is -0.418. The summed E-state index contributed by atoms with van der Waals surface area (Å²) in [5.74, 6) is 0.578. The summed E-state index contributed by atoms with van der Waals surface area (Å²) in [6.45, 7) is 2.37. The number of rotatable bonds is 2. The molecule has 2 N–H and O–H groups in total. The molecule has 2 aliphatic carbocycles. The third-order valence-corrected chi connectivity index (χ3v) is 8.38. The van der Waals surface area contributed by atoms with Crippen LogP contribution in [0.2, 0.25) is 0 Å². The van der Waals surface area contributed by atoms with Gasteiger partial charge in [0, 0.05) is 5.41 Å². The molecule has 36 heavy (non-hydrogen) atoms. The second kappa shape index (κ2) is 7.35. The largest absolute Gasteiger partial charge is 0.508 e. The fourth-order valence-electron chi connectivity index (χ4n) is 6.84. The van der Waals surface area contributed by atoms with Crippen LogP contribution in [0.25, 0.3) is 28.0 Å². The number of aromatic hydroxyl groups is 2. The number of fused-ring (bicyclic) bond motifs is 5. The summed E-state index contributed by atoms with van der Waals surface area (Å²) in [7, 11) is 0. The van der Waals surface area contributed by atoms with Gasteiger partial charge in [-0.3, -0.25) is 0 Å². The first-order valence-corrected chi connectivity index (χ1v) is 12.4. The van der Waals surface area contributed by atoms with Crippen LogP contribution in [0.4, 0.5) is 0 Å². The van der Waals surface area contributed by atoms with Crippen LogP contribution in [0.1, 0.15) is 34.7 Å². The van der Waals surface area contributed by atoms with Crippen molar-refractivity contribution < 1.29 is 10.2 Å². The number of hydrogen-bond acceptors (Lipinski definition) is 2. The lowest BCUT2D eigenvalue weighted by Gasteiger charge is -2.49. The average molecular weight is 467 g/mol. The van der Waals surface area contributed by atoms with Crippen LogP contribution in [-0.4, -0.2) is 10.2 Å². The zero-order chi connectivity index (χ0) is 24.5. The van der Waals surface area contributed by atoms with E-state index in [9.17, 15) is 10.2 Å². The summed E-state index contributed by atoms with van der Waals surface area (Å²) in [4.78, 5) is 0. The van der Waals surface area contributed by atoms with Crippen molar-refractivity contribution in [3.05, 3.63) is 137 Å². The molecular formula is C34H26O2. The first-order valence-electron chi connectivity index (χ1n) is 12.4. The maximum Gasteiger partial charge on any atom is 0.116 e. The third-order valence-electron chi connectivity index (χ3n) is 8.38. The lowest BCUT2D eigenvalue weighted by molar-refractivity contribution is 0.288. The molecule has 0 spiro atoms. The van der Waals surface area contributed by atoms with Gasteiger partial charge in [-0.05, 0) is 86.5 Å². The second-order valence-electron chi connectivity index (χ2n) is 10.4. The molecule has 1 atom stereocenters. The molecule has 0 saturated carbocycles. The van der Waals surface area contributed by atoms with E-state index in [1.807, 2.05) is 18.2 Å². The highest BCUT2D eigenvalue weighted by Gasteiger charge is 2.55. The molecule has 0 amide bonds. The molecule has 7 rings (SSSR count). The minimum absolute atomic E-state index is 0.274. The maximum absolute atomic E-state index is 10.1. The molecule has 0 aromatic heterocycles. The summed E-state index contributed by atoms with van der Waals surface area (Å²) in [5, 5.41) is 22.3. The van der Waals surface area contributed by atoms with Crippen molar-refractivity contribution in [2.75, 3.05) is 0 Å². The summed E-state index contributed by atoms with van der Waals surface area (Å²) in [6.07, 6.45) is 5.38. The number of benzene rings is 5. The monoisotopic (exact) mass is 466 g/mol. The highest BCUT2D eigenvalue weighted by Crippen LogP contribution is 2.63. The van der Waals surface area contributed by atoms with Crippen molar-refractivity contribution in [3.8, 4) is 22.6 Å². The van der Waals surface area contributed by atoms with Gasteiger partial charge in [-0.15, -0.1) is 0 Å². The molecule has 174 valence electrons. The number of phenolic OH excluding ortho intramolecular Hbond substituents is 2. The zero-order valence-electron chi connectivity index (χ0n) is 20.1. The summed E-state index contributed by atoms with van der Waals surface area (Å²) in [6, 6.07) is 35.6. The second-order valence-corrected chi connectivity index (χ2v) is 10.4. The van der Waals surface area contributed by atoms with Crippen molar-refractivity contribution in [1.29, 1.82) is 0 Å². The van der Waals surface area contributed by atoms with E-state index in [4.69, 9.17) is 0 Å². The molecule has 5 aromatic carbocycles. The Bertz CT molecular complexity index is 1660. The minimum Gasteiger partial charge on any atom is -0.508 e. The van der Waals surface area contributed by atoms with Crippen LogP contribution in [0.3, 0.4) is 0 Å². The quantitative estimate of drug-likeness (QED) is 0.278. The van der Waals surface area contributed by atoms with E-state index in [1.54, 1.807) is 12.1 Å². The van der Waals surface area contributed by atoms with Crippen LogP contribution < -0.4 is 0 Å². The molecule has 0 radical (unpaired) electrons. The lowest BCUT2D eigenvalue weighted by Crippen LogP contribution is -2.45. The highest BCUT2D eigenvalue weighted by molar-refractivity contribution is 5.89. The summed E-state index contributed by atoms with van der Waals surface area (Å²) in [5.41, 5.74) is 8.07.